The average Bonchev–Trinajstić information content (AvgIpc) is 3.16. The molecular formula is C14H24N2O5. The molecule has 1 amide bonds. The second-order valence-corrected chi connectivity index (χ2v) is 5.29. The van der Waals surface area contributed by atoms with Crippen LogP contribution < -0.4 is 5.73 Å². The third-order valence-electron chi connectivity index (χ3n) is 3.74. The molecule has 0 saturated carbocycles. The minimum Gasteiger partial charge on any atom is -0.459 e. The van der Waals surface area contributed by atoms with Crippen LogP contribution in [0.15, 0.2) is 0 Å². The van der Waals surface area contributed by atoms with E-state index in [2.05, 4.69) is 0 Å². The van der Waals surface area contributed by atoms with Crippen molar-refractivity contribution in [2.75, 3.05) is 32.9 Å². The number of rotatable bonds is 7. The number of nitrogens with zero attached hydrogens (tertiary/aromatic N) is 1. The van der Waals surface area contributed by atoms with Gasteiger partial charge in [-0.1, -0.05) is 0 Å². The number of likely N-dealkylation sites (tertiary alicyclic amines) is 1. The van der Waals surface area contributed by atoms with Gasteiger partial charge in [0.15, 0.2) is 6.29 Å². The van der Waals surface area contributed by atoms with Gasteiger partial charge in [-0.25, -0.2) is 4.79 Å². The van der Waals surface area contributed by atoms with E-state index in [4.69, 9.17) is 19.9 Å². The largest absolute Gasteiger partial charge is 0.459 e. The first-order valence-corrected chi connectivity index (χ1v) is 7.61. The Morgan fingerprint density at radius 1 is 1.24 bits per heavy atom. The van der Waals surface area contributed by atoms with E-state index in [9.17, 15) is 9.59 Å². The molecule has 0 spiro atoms. The van der Waals surface area contributed by atoms with Gasteiger partial charge in [0.1, 0.15) is 12.6 Å². The zero-order valence-corrected chi connectivity index (χ0v) is 12.3. The molecule has 2 aliphatic rings. The number of ether oxygens (including phenoxy) is 3. The van der Waals surface area contributed by atoms with E-state index >= 15 is 0 Å². The van der Waals surface area contributed by atoms with Gasteiger partial charge in [0.2, 0.25) is 5.91 Å². The standard InChI is InChI=1S/C14H24N2O5/c15-6-2-1-5-12(17)16-7-3-4-11(16)14(18)21-10-13-19-8-9-20-13/h11,13H,1-10,15H2. The van der Waals surface area contributed by atoms with Crippen LogP contribution in [-0.2, 0) is 23.8 Å². The van der Waals surface area contributed by atoms with E-state index < -0.39 is 12.3 Å². The summed E-state index contributed by atoms with van der Waals surface area (Å²) in [5.41, 5.74) is 5.42. The SMILES string of the molecule is NCCCCC(=O)N1CCCC1C(=O)OCC1OCCO1. The lowest BCUT2D eigenvalue weighted by molar-refractivity contribution is -0.163. The highest BCUT2D eigenvalue weighted by Crippen LogP contribution is 2.20. The Hall–Kier alpha value is -1.18. The monoisotopic (exact) mass is 300 g/mol. The predicted molar refractivity (Wildman–Crippen MR) is 74.3 cm³/mol. The molecule has 2 heterocycles. The van der Waals surface area contributed by atoms with E-state index in [0.29, 0.717) is 39.1 Å². The molecule has 1 unspecified atom stereocenters. The van der Waals surface area contributed by atoms with Crippen LogP contribution in [0.2, 0.25) is 0 Å². The summed E-state index contributed by atoms with van der Waals surface area (Å²) in [6.45, 7) is 2.34. The van der Waals surface area contributed by atoms with Crippen molar-refractivity contribution >= 4 is 11.9 Å². The van der Waals surface area contributed by atoms with Gasteiger partial charge in [-0.3, -0.25) is 4.79 Å². The van der Waals surface area contributed by atoms with Crippen molar-refractivity contribution in [1.29, 1.82) is 0 Å². The molecule has 21 heavy (non-hydrogen) atoms. The number of esters is 1. The van der Waals surface area contributed by atoms with Crippen LogP contribution in [0.3, 0.4) is 0 Å². The maximum atomic E-state index is 12.1. The highest BCUT2D eigenvalue weighted by molar-refractivity contribution is 5.85. The molecule has 2 aliphatic heterocycles. The molecule has 0 aliphatic carbocycles. The molecule has 0 radical (unpaired) electrons. The third kappa shape index (κ3) is 4.66. The van der Waals surface area contributed by atoms with Gasteiger partial charge in [0.05, 0.1) is 13.2 Å². The van der Waals surface area contributed by atoms with Gasteiger partial charge >= 0.3 is 5.97 Å². The van der Waals surface area contributed by atoms with Gasteiger partial charge in [-0.15, -0.1) is 0 Å². The van der Waals surface area contributed by atoms with Crippen LogP contribution in [0.4, 0.5) is 0 Å². The fourth-order valence-electron chi connectivity index (χ4n) is 2.62. The molecule has 7 heteroatoms. The van der Waals surface area contributed by atoms with Crippen molar-refractivity contribution in [2.24, 2.45) is 5.73 Å². The van der Waals surface area contributed by atoms with E-state index in [1.807, 2.05) is 0 Å². The highest BCUT2D eigenvalue weighted by Gasteiger charge is 2.35. The Morgan fingerprint density at radius 3 is 2.71 bits per heavy atom. The van der Waals surface area contributed by atoms with E-state index in [-0.39, 0.29) is 18.5 Å². The second kappa shape index (κ2) is 8.31. The Bertz CT molecular complexity index is 357. The summed E-state index contributed by atoms with van der Waals surface area (Å²) >= 11 is 0. The predicted octanol–water partition coefficient (Wildman–Crippen LogP) is 0.0225. The van der Waals surface area contributed by atoms with Crippen LogP contribution in [-0.4, -0.2) is 62.0 Å². The molecule has 2 rings (SSSR count). The summed E-state index contributed by atoms with van der Waals surface area (Å²) in [5.74, 6) is -0.352. The van der Waals surface area contributed by atoms with Gasteiger partial charge in [0, 0.05) is 13.0 Å². The number of nitrogens with two attached hydrogens (primary N) is 1. The smallest absolute Gasteiger partial charge is 0.329 e. The summed E-state index contributed by atoms with van der Waals surface area (Å²) in [6.07, 6.45) is 3.05. The van der Waals surface area contributed by atoms with E-state index in [0.717, 1.165) is 19.3 Å². The molecule has 7 nitrogen and oxygen atoms in total. The minimum absolute atomic E-state index is 0.0104. The van der Waals surface area contributed by atoms with Crippen LogP contribution in [0, 0.1) is 0 Å². The quantitative estimate of drug-likeness (QED) is 0.526. The summed E-state index contributed by atoms with van der Waals surface area (Å²) < 4.78 is 15.6. The number of hydrogen-bond donors (Lipinski definition) is 1. The molecule has 2 saturated heterocycles. The van der Waals surface area contributed by atoms with Crippen molar-refractivity contribution < 1.29 is 23.8 Å². The maximum absolute atomic E-state index is 12.1. The van der Waals surface area contributed by atoms with Gasteiger partial charge < -0.3 is 24.8 Å². The average molecular weight is 300 g/mol. The summed E-state index contributed by atoms with van der Waals surface area (Å²) in [6, 6.07) is -0.461. The number of unbranched alkanes of at least 4 members (excludes halogenated alkanes) is 1. The number of carbonyl (C=O) groups excluding carboxylic acids is 2. The highest BCUT2D eigenvalue weighted by atomic mass is 16.7. The third-order valence-corrected chi connectivity index (χ3v) is 3.74. The topological polar surface area (TPSA) is 91.1 Å². The first-order valence-electron chi connectivity index (χ1n) is 7.61. The van der Waals surface area contributed by atoms with Gasteiger partial charge in [-0.2, -0.15) is 0 Å². The molecule has 120 valence electrons. The zero-order valence-electron chi connectivity index (χ0n) is 12.3. The van der Waals surface area contributed by atoms with Crippen molar-refractivity contribution in [3.05, 3.63) is 0 Å². The lowest BCUT2D eigenvalue weighted by Gasteiger charge is -2.23. The Morgan fingerprint density at radius 2 is 2.00 bits per heavy atom. The molecule has 1 atom stereocenters. The van der Waals surface area contributed by atoms with Crippen molar-refractivity contribution in [3.63, 3.8) is 0 Å². The zero-order chi connectivity index (χ0) is 15.1. The van der Waals surface area contributed by atoms with Crippen molar-refractivity contribution in [2.45, 2.75) is 44.4 Å². The number of hydrogen-bond acceptors (Lipinski definition) is 6. The minimum atomic E-state index is -0.468. The number of amides is 1. The summed E-state index contributed by atoms with van der Waals surface area (Å²) in [7, 11) is 0. The molecule has 0 aromatic carbocycles. The molecule has 0 aromatic rings. The Labute approximate surface area is 124 Å². The second-order valence-electron chi connectivity index (χ2n) is 5.29. The van der Waals surface area contributed by atoms with Crippen molar-refractivity contribution in [3.8, 4) is 0 Å². The first-order chi connectivity index (χ1) is 10.2. The van der Waals surface area contributed by atoms with Gasteiger partial charge in [-0.05, 0) is 32.2 Å². The van der Waals surface area contributed by atoms with Crippen LogP contribution >= 0.6 is 0 Å². The first kappa shape index (κ1) is 16.2. The van der Waals surface area contributed by atoms with Crippen LogP contribution in [0.25, 0.3) is 0 Å². The Balaban J connectivity index is 1.76. The number of carbonyl (C=O) groups is 2. The fourth-order valence-corrected chi connectivity index (χ4v) is 2.62. The van der Waals surface area contributed by atoms with E-state index in [1.165, 1.54) is 0 Å². The normalized spacial score (nSPS) is 22.7. The van der Waals surface area contributed by atoms with Crippen LogP contribution in [0.1, 0.15) is 32.1 Å². The lowest BCUT2D eigenvalue weighted by atomic mass is 10.2. The van der Waals surface area contributed by atoms with Gasteiger partial charge in [0.25, 0.3) is 0 Å². The van der Waals surface area contributed by atoms with Crippen LogP contribution in [0.5, 0.6) is 0 Å². The summed E-state index contributed by atoms with van der Waals surface area (Å²) in [4.78, 5) is 25.9. The summed E-state index contributed by atoms with van der Waals surface area (Å²) in [5, 5.41) is 0. The molecule has 2 fully saturated rings. The molecule has 0 bridgehead atoms. The maximum Gasteiger partial charge on any atom is 0.329 e. The lowest BCUT2D eigenvalue weighted by Crippen LogP contribution is -2.42. The molecule has 0 aromatic heterocycles. The Kier molecular flexibility index (Phi) is 6.41. The van der Waals surface area contributed by atoms with E-state index in [1.54, 1.807) is 4.90 Å². The fraction of sp³-hybridized carbons (Fsp3) is 0.857. The molecular weight excluding hydrogens is 276 g/mol. The van der Waals surface area contributed by atoms with Crippen molar-refractivity contribution in [1.82, 2.24) is 4.90 Å². The molecule has 2 N–H and O–H groups in total.